The van der Waals surface area contributed by atoms with Crippen LogP contribution in [0.3, 0.4) is 0 Å². The summed E-state index contributed by atoms with van der Waals surface area (Å²) in [7, 11) is 0. The first-order valence-electron chi connectivity index (χ1n) is 9.27. The van der Waals surface area contributed by atoms with Crippen LogP contribution in [0.5, 0.6) is 0 Å². The number of hydrogen-bond donors (Lipinski definition) is 1. The first-order valence-corrected chi connectivity index (χ1v) is 9.27. The number of aromatic nitrogens is 3. The molecule has 2 amide bonds. The first kappa shape index (κ1) is 16.8. The summed E-state index contributed by atoms with van der Waals surface area (Å²) < 4.78 is 0. The van der Waals surface area contributed by atoms with Gasteiger partial charge in [-0.2, -0.15) is 5.10 Å². The molecule has 1 aromatic carbocycles. The second kappa shape index (κ2) is 7.27. The second-order valence-corrected chi connectivity index (χ2v) is 6.99. The summed E-state index contributed by atoms with van der Waals surface area (Å²) >= 11 is 0. The normalized spacial score (nSPS) is 19.0. The lowest BCUT2D eigenvalue weighted by Gasteiger charge is -2.40. The number of benzene rings is 1. The summed E-state index contributed by atoms with van der Waals surface area (Å²) in [5.41, 5.74) is 1.25. The van der Waals surface area contributed by atoms with Gasteiger partial charge in [0.25, 0.3) is 5.91 Å². The van der Waals surface area contributed by atoms with Crippen molar-refractivity contribution in [2.45, 2.75) is 38.1 Å². The minimum atomic E-state index is -0.131. The molecule has 0 bridgehead atoms. The number of aromatic amines is 1. The molecule has 4 rings (SSSR count). The molecule has 136 valence electrons. The summed E-state index contributed by atoms with van der Waals surface area (Å²) in [6, 6.07) is 7.66. The Morgan fingerprint density at radius 2 is 1.92 bits per heavy atom. The van der Waals surface area contributed by atoms with Gasteiger partial charge in [-0.1, -0.05) is 37.5 Å². The van der Waals surface area contributed by atoms with Gasteiger partial charge in [0.05, 0.1) is 5.56 Å². The molecule has 0 atom stereocenters. The molecule has 0 spiro atoms. The van der Waals surface area contributed by atoms with E-state index in [1.165, 1.54) is 25.6 Å². The van der Waals surface area contributed by atoms with E-state index in [9.17, 15) is 9.59 Å². The van der Waals surface area contributed by atoms with E-state index in [1.54, 1.807) is 11.0 Å². The highest BCUT2D eigenvalue weighted by Crippen LogP contribution is 2.25. The zero-order valence-corrected chi connectivity index (χ0v) is 14.7. The van der Waals surface area contributed by atoms with E-state index in [2.05, 4.69) is 15.2 Å². The predicted molar refractivity (Wildman–Crippen MR) is 96.3 cm³/mol. The van der Waals surface area contributed by atoms with E-state index in [1.807, 2.05) is 23.1 Å². The van der Waals surface area contributed by atoms with Crippen molar-refractivity contribution in [1.82, 2.24) is 25.0 Å². The molecule has 1 saturated carbocycles. The first-order chi connectivity index (χ1) is 12.7. The number of carbonyl (C=O) groups excluding carboxylic acids is 2. The molecule has 1 saturated heterocycles. The van der Waals surface area contributed by atoms with E-state index < -0.39 is 0 Å². The molecule has 26 heavy (non-hydrogen) atoms. The van der Waals surface area contributed by atoms with Crippen LogP contribution in [0.25, 0.3) is 11.4 Å². The maximum Gasteiger partial charge on any atom is 0.255 e. The van der Waals surface area contributed by atoms with E-state index in [0.29, 0.717) is 36.1 Å². The molecule has 7 nitrogen and oxygen atoms in total. The lowest BCUT2D eigenvalue weighted by molar-refractivity contribution is -0.138. The molecular formula is C19H23N5O2. The van der Waals surface area contributed by atoms with Gasteiger partial charge in [0.15, 0.2) is 5.82 Å². The van der Waals surface area contributed by atoms with Crippen LogP contribution in [0.4, 0.5) is 0 Å². The third-order valence-electron chi connectivity index (χ3n) is 5.39. The summed E-state index contributed by atoms with van der Waals surface area (Å²) in [5, 5.41) is 6.67. The van der Waals surface area contributed by atoms with Crippen LogP contribution in [0.1, 0.15) is 42.5 Å². The van der Waals surface area contributed by atoms with Gasteiger partial charge < -0.3 is 9.80 Å². The minimum absolute atomic E-state index is 0.0636. The van der Waals surface area contributed by atoms with Gasteiger partial charge in [-0.3, -0.25) is 14.7 Å². The van der Waals surface area contributed by atoms with E-state index in [-0.39, 0.29) is 18.4 Å². The van der Waals surface area contributed by atoms with E-state index in [0.717, 1.165) is 12.8 Å². The van der Waals surface area contributed by atoms with Crippen molar-refractivity contribution in [2.24, 2.45) is 0 Å². The fraction of sp³-hybridized carbons (Fsp3) is 0.474. The van der Waals surface area contributed by atoms with Gasteiger partial charge in [0.2, 0.25) is 5.91 Å². The zero-order valence-electron chi connectivity index (χ0n) is 14.7. The van der Waals surface area contributed by atoms with Crippen molar-refractivity contribution in [1.29, 1.82) is 0 Å². The Labute approximate surface area is 152 Å². The van der Waals surface area contributed by atoms with Gasteiger partial charge in [-0.25, -0.2) is 4.98 Å². The van der Waals surface area contributed by atoms with Crippen LogP contribution >= 0.6 is 0 Å². The van der Waals surface area contributed by atoms with E-state index >= 15 is 0 Å². The number of H-pyrrole nitrogens is 1. The number of rotatable bonds is 3. The molecular weight excluding hydrogens is 330 g/mol. The molecule has 7 heteroatoms. The van der Waals surface area contributed by atoms with Crippen molar-refractivity contribution in [2.75, 3.05) is 19.6 Å². The van der Waals surface area contributed by atoms with Crippen molar-refractivity contribution < 1.29 is 9.59 Å². The highest BCUT2D eigenvalue weighted by molar-refractivity contribution is 6.01. The number of carbonyl (C=O) groups is 2. The number of amides is 2. The largest absolute Gasteiger partial charge is 0.336 e. The lowest BCUT2D eigenvalue weighted by atomic mass is 9.93. The molecule has 0 radical (unpaired) electrons. The van der Waals surface area contributed by atoms with Gasteiger partial charge >= 0.3 is 0 Å². The molecule has 1 aliphatic heterocycles. The number of piperazine rings is 1. The number of nitrogens with one attached hydrogen (secondary N) is 1. The van der Waals surface area contributed by atoms with Crippen LogP contribution in [0.15, 0.2) is 30.6 Å². The molecule has 1 aromatic heterocycles. The quantitative estimate of drug-likeness (QED) is 0.916. The Kier molecular flexibility index (Phi) is 4.69. The maximum atomic E-state index is 13.0. The highest BCUT2D eigenvalue weighted by atomic mass is 16.2. The Balaban J connectivity index is 1.49. The molecule has 2 aromatic rings. The number of hydrogen-bond acceptors (Lipinski definition) is 4. The third kappa shape index (κ3) is 3.21. The SMILES string of the molecule is O=C(c1ccccc1-c1ncn[nH]1)N1CCN(C2CCCCC2)C(=O)C1. The van der Waals surface area contributed by atoms with Gasteiger partial charge in [0.1, 0.15) is 12.9 Å². The standard InChI is InChI=1S/C19H23N5O2/c25-17-12-23(10-11-24(17)14-6-2-1-3-7-14)19(26)16-9-5-4-8-15(16)18-20-13-21-22-18/h4-5,8-9,13-14H,1-3,6-7,10-12H2,(H,20,21,22). The lowest BCUT2D eigenvalue weighted by Crippen LogP contribution is -2.55. The molecule has 2 fully saturated rings. The fourth-order valence-corrected chi connectivity index (χ4v) is 4.02. The second-order valence-electron chi connectivity index (χ2n) is 6.99. The summed E-state index contributed by atoms with van der Waals surface area (Å²) in [6.07, 6.45) is 7.26. The molecule has 2 aliphatic rings. The summed E-state index contributed by atoms with van der Waals surface area (Å²) in [5.74, 6) is 0.489. The topological polar surface area (TPSA) is 82.2 Å². The Morgan fingerprint density at radius 3 is 2.65 bits per heavy atom. The van der Waals surface area contributed by atoms with Crippen LogP contribution in [0, 0.1) is 0 Å². The highest BCUT2D eigenvalue weighted by Gasteiger charge is 2.33. The zero-order chi connectivity index (χ0) is 17.9. The average Bonchev–Trinajstić information content (AvgIpc) is 3.23. The maximum absolute atomic E-state index is 13.0. The van der Waals surface area contributed by atoms with Crippen molar-refractivity contribution in [3.8, 4) is 11.4 Å². The summed E-state index contributed by atoms with van der Waals surface area (Å²) in [6.45, 7) is 1.35. The van der Waals surface area contributed by atoms with Crippen LogP contribution < -0.4 is 0 Å². The van der Waals surface area contributed by atoms with E-state index in [4.69, 9.17) is 0 Å². The van der Waals surface area contributed by atoms with Gasteiger partial charge in [-0.05, 0) is 18.9 Å². The van der Waals surface area contributed by atoms with Crippen molar-refractivity contribution in [3.05, 3.63) is 36.2 Å². The molecule has 1 aliphatic carbocycles. The number of nitrogens with zero attached hydrogens (tertiary/aromatic N) is 4. The third-order valence-corrected chi connectivity index (χ3v) is 5.39. The Bertz CT molecular complexity index is 783. The van der Waals surface area contributed by atoms with Gasteiger partial charge in [-0.15, -0.1) is 0 Å². The van der Waals surface area contributed by atoms with Crippen LogP contribution in [0.2, 0.25) is 0 Å². The average molecular weight is 353 g/mol. The predicted octanol–water partition coefficient (Wildman–Crippen LogP) is 2.09. The van der Waals surface area contributed by atoms with Crippen molar-refractivity contribution >= 4 is 11.8 Å². The van der Waals surface area contributed by atoms with Crippen LogP contribution in [-0.2, 0) is 4.79 Å². The molecule has 1 N–H and O–H groups in total. The smallest absolute Gasteiger partial charge is 0.255 e. The van der Waals surface area contributed by atoms with Crippen molar-refractivity contribution in [3.63, 3.8) is 0 Å². The minimum Gasteiger partial charge on any atom is -0.336 e. The Hall–Kier alpha value is -2.70. The Morgan fingerprint density at radius 1 is 1.12 bits per heavy atom. The monoisotopic (exact) mass is 353 g/mol. The molecule has 0 unspecified atom stereocenters. The van der Waals surface area contributed by atoms with Crippen LogP contribution in [-0.4, -0.2) is 62.5 Å². The van der Waals surface area contributed by atoms with Gasteiger partial charge in [0, 0.05) is 24.7 Å². The fourth-order valence-electron chi connectivity index (χ4n) is 4.02. The summed E-state index contributed by atoms with van der Waals surface area (Å²) in [4.78, 5) is 33.5. The molecule has 2 heterocycles.